The van der Waals surface area contributed by atoms with Gasteiger partial charge >= 0.3 is 0 Å². The largest absolute Gasteiger partial charge is 0.377 e. The van der Waals surface area contributed by atoms with Gasteiger partial charge in [-0.1, -0.05) is 50.6 Å². The molecule has 0 aromatic heterocycles. The van der Waals surface area contributed by atoms with Gasteiger partial charge in [-0.05, 0) is 24.3 Å². The number of ether oxygens (including phenoxy) is 8. The van der Waals surface area contributed by atoms with E-state index in [1.54, 1.807) is 24.3 Å². The van der Waals surface area contributed by atoms with Gasteiger partial charge in [0.15, 0.2) is 0 Å². The molecule has 2 atom stereocenters. The van der Waals surface area contributed by atoms with E-state index in [4.69, 9.17) is 37.9 Å². The van der Waals surface area contributed by atoms with Gasteiger partial charge in [-0.15, -0.1) is 0 Å². The van der Waals surface area contributed by atoms with Gasteiger partial charge in [-0.25, -0.2) is 0 Å². The molecule has 0 aliphatic carbocycles. The molecule has 1 fully saturated rings. The van der Waals surface area contributed by atoms with Crippen LogP contribution in [-0.2, 0) is 82.7 Å². The van der Waals surface area contributed by atoms with Crippen LogP contribution in [-0.4, -0.2) is 204 Å². The number of hydrogen-bond donors (Lipinski definition) is 6. The smallest absolute Gasteiger partial charge is 0.246 e. The number of carbonyl (C=O) groups is 8. The lowest BCUT2D eigenvalue weighted by atomic mass is 9.94. The number of rotatable bonds is 43. The molecule has 1 unspecified atom stereocenters. The van der Waals surface area contributed by atoms with E-state index < -0.39 is 42.1 Å². The Kier molecular flexibility index (Phi) is 34.5. The lowest BCUT2D eigenvalue weighted by Crippen LogP contribution is -2.52. The minimum Gasteiger partial charge on any atom is -0.377 e. The van der Waals surface area contributed by atoms with E-state index in [0.29, 0.717) is 125 Å². The first-order valence-electron chi connectivity index (χ1n) is 24.0. The number of benzene rings is 1. The van der Waals surface area contributed by atoms with Crippen molar-refractivity contribution in [1.29, 1.82) is 0 Å². The molecule has 0 radical (unpaired) electrons. The summed E-state index contributed by atoms with van der Waals surface area (Å²) in [6.45, 7) is 8.88. The molecule has 2 rings (SSSR count). The van der Waals surface area contributed by atoms with Crippen molar-refractivity contribution in [3.63, 3.8) is 0 Å². The average molecular weight is 996 g/mol. The molecule has 1 aliphatic heterocycles. The van der Waals surface area contributed by atoms with Crippen molar-refractivity contribution < 1.29 is 76.3 Å². The maximum absolute atomic E-state index is 12.7. The zero-order valence-electron chi connectivity index (χ0n) is 41.2. The van der Waals surface area contributed by atoms with Crippen molar-refractivity contribution in [1.82, 2.24) is 36.8 Å². The van der Waals surface area contributed by atoms with Gasteiger partial charge in [0.1, 0.15) is 12.6 Å². The summed E-state index contributed by atoms with van der Waals surface area (Å²) in [7, 11) is 1.44. The maximum atomic E-state index is 12.7. The van der Waals surface area contributed by atoms with Crippen molar-refractivity contribution in [2.24, 2.45) is 11.8 Å². The topological polar surface area (TPSA) is 286 Å². The summed E-state index contributed by atoms with van der Waals surface area (Å²) in [4.78, 5) is 98.9. The van der Waals surface area contributed by atoms with Crippen molar-refractivity contribution in [2.75, 3.05) is 145 Å². The van der Waals surface area contributed by atoms with Crippen LogP contribution in [0.25, 0.3) is 0 Å². The molecule has 8 amide bonds. The Morgan fingerprint density at radius 2 is 1.07 bits per heavy atom. The summed E-state index contributed by atoms with van der Waals surface area (Å²) >= 11 is 0. The number of carbonyl (C=O) groups excluding carboxylic acids is 8. The standard InChI is InChI=1S/C47H77N7O16/c1-36(2)38-31-45(60)54(47(38)62)14-9-5-8-12-40(55)49-13-15-63-16-17-64-18-19-65-20-21-66-22-23-67-24-25-68-26-27-69-28-29-70-35-44(59)51-33-42(57)50-34-43(58)53-39(30-37-10-6-4-7-11-37)46(61)52-32-41(56)48-3/h4,6-7,10-11,36,38-39H,5,8-9,12-35H2,1-3H3,(H,48,56)(H,49,55)(H,50,57)(H,51,59)(H,52,61)(H,53,58)/t38?,39-/m0/s1. The van der Waals surface area contributed by atoms with Crippen LogP contribution in [0.4, 0.5) is 0 Å². The number of amides is 8. The first kappa shape index (κ1) is 61.0. The summed E-state index contributed by atoms with van der Waals surface area (Å²) in [5, 5.41) is 15.0. The van der Waals surface area contributed by atoms with Gasteiger partial charge in [-0.3, -0.25) is 43.3 Å². The fraction of sp³-hybridized carbons (Fsp3) is 0.702. The number of likely N-dealkylation sites (N-methyl/N-ethyl adjacent to an activating group) is 1. The molecule has 0 bridgehead atoms. The maximum Gasteiger partial charge on any atom is 0.246 e. The van der Waals surface area contributed by atoms with E-state index >= 15 is 0 Å². The van der Waals surface area contributed by atoms with Crippen molar-refractivity contribution in [3.8, 4) is 0 Å². The molecule has 0 spiro atoms. The Hall–Kier alpha value is -5.14. The molecular weight excluding hydrogens is 919 g/mol. The lowest BCUT2D eigenvalue weighted by molar-refractivity contribution is -0.140. The van der Waals surface area contributed by atoms with Gasteiger partial charge in [0.05, 0.1) is 119 Å². The van der Waals surface area contributed by atoms with E-state index in [0.717, 1.165) is 12.0 Å². The summed E-state index contributed by atoms with van der Waals surface area (Å²) in [6, 6.07) is 7.99. The monoisotopic (exact) mass is 996 g/mol. The highest BCUT2D eigenvalue weighted by atomic mass is 16.6. The highest BCUT2D eigenvalue weighted by Crippen LogP contribution is 2.26. The molecule has 23 heteroatoms. The number of imide groups is 1. The van der Waals surface area contributed by atoms with Crippen LogP contribution in [0, 0.1) is 11.8 Å². The molecule has 23 nitrogen and oxygen atoms in total. The minimum absolute atomic E-state index is 0.0512. The summed E-state index contributed by atoms with van der Waals surface area (Å²) < 4.78 is 43.5. The van der Waals surface area contributed by atoms with Crippen LogP contribution < -0.4 is 31.9 Å². The number of unbranched alkanes of at least 4 members (excludes halogenated alkanes) is 2. The van der Waals surface area contributed by atoms with Crippen LogP contribution in [0.1, 0.15) is 51.5 Å². The van der Waals surface area contributed by atoms with Crippen LogP contribution in [0.2, 0.25) is 0 Å². The molecular formula is C47H77N7O16. The Balaban J connectivity index is 1.28. The predicted octanol–water partition coefficient (Wildman–Crippen LogP) is -1.35. The Morgan fingerprint density at radius 3 is 1.60 bits per heavy atom. The first-order valence-corrected chi connectivity index (χ1v) is 24.0. The molecule has 1 aromatic rings. The quantitative estimate of drug-likeness (QED) is 0.0326. The number of nitrogens with one attached hydrogen (secondary N) is 6. The van der Waals surface area contributed by atoms with E-state index in [-0.39, 0.29) is 68.9 Å². The molecule has 0 saturated carbocycles. The van der Waals surface area contributed by atoms with E-state index in [1.807, 2.05) is 19.9 Å². The molecule has 396 valence electrons. The third kappa shape index (κ3) is 30.5. The van der Waals surface area contributed by atoms with Crippen LogP contribution in [0.3, 0.4) is 0 Å². The highest BCUT2D eigenvalue weighted by molar-refractivity contribution is 6.03. The van der Waals surface area contributed by atoms with E-state index in [1.165, 1.54) is 11.9 Å². The predicted molar refractivity (Wildman–Crippen MR) is 253 cm³/mol. The van der Waals surface area contributed by atoms with Gasteiger partial charge in [0.25, 0.3) is 0 Å². The minimum atomic E-state index is -0.993. The SMILES string of the molecule is CNC(=O)CNC(=O)[C@H](Cc1ccccc1)NC(=O)CNC(=O)CNC(=O)COCCOCCOCCOCCOCCOCCOCCOCCNC(=O)CCCCCN1C(=O)CC(C(C)C)C1=O. The number of hydrogen-bond acceptors (Lipinski definition) is 16. The zero-order chi connectivity index (χ0) is 51.0. The third-order valence-electron chi connectivity index (χ3n) is 10.3. The summed E-state index contributed by atoms with van der Waals surface area (Å²) in [5.41, 5.74) is 0.782. The van der Waals surface area contributed by atoms with Gasteiger partial charge in [0.2, 0.25) is 47.3 Å². The Bertz CT molecular complexity index is 1680. The van der Waals surface area contributed by atoms with Crippen molar-refractivity contribution >= 4 is 47.3 Å². The molecule has 6 N–H and O–H groups in total. The second-order valence-electron chi connectivity index (χ2n) is 16.2. The first-order chi connectivity index (χ1) is 33.9. The number of nitrogens with zero attached hydrogens (tertiary/aromatic N) is 1. The molecule has 1 aromatic carbocycles. The summed E-state index contributed by atoms with van der Waals surface area (Å²) in [6.07, 6.45) is 3.01. The molecule has 1 saturated heterocycles. The van der Waals surface area contributed by atoms with Gasteiger partial charge < -0.3 is 69.8 Å². The summed E-state index contributed by atoms with van der Waals surface area (Å²) in [5.74, 6) is -3.01. The van der Waals surface area contributed by atoms with E-state index in [9.17, 15) is 38.4 Å². The number of likely N-dealkylation sites (tertiary alicyclic amines) is 1. The average Bonchev–Trinajstić information content (AvgIpc) is 3.64. The fourth-order valence-electron chi connectivity index (χ4n) is 6.41. The van der Waals surface area contributed by atoms with Crippen LogP contribution >= 0.6 is 0 Å². The molecule has 1 aliphatic rings. The lowest BCUT2D eigenvalue weighted by Gasteiger charge is -2.19. The molecule has 1 heterocycles. The Labute approximate surface area is 411 Å². The highest BCUT2D eigenvalue weighted by Gasteiger charge is 2.39. The fourth-order valence-corrected chi connectivity index (χ4v) is 6.41. The second kappa shape index (κ2) is 39.6. The van der Waals surface area contributed by atoms with Crippen molar-refractivity contribution in [2.45, 2.75) is 58.4 Å². The Morgan fingerprint density at radius 1 is 0.571 bits per heavy atom. The third-order valence-corrected chi connectivity index (χ3v) is 10.3. The van der Waals surface area contributed by atoms with Gasteiger partial charge in [-0.2, -0.15) is 0 Å². The molecule has 70 heavy (non-hydrogen) atoms. The second-order valence-corrected chi connectivity index (χ2v) is 16.2. The zero-order valence-corrected chi connectivity index (χ0v) is 41.2. The van der Waals surface area contributed by atoms with Gasteiger partial charge in [0, 0.05) is 45.3 Å². The van der Waals surface area contributed by atoms with Crippen LogP contribution in [0.5, 0.6) is 0 Å². The van der Waals surface area contributed by atoms with Crippen molar-refractivity contribution in [3.05, 3.63) is 35.9 Å². The van der Waals surface area contributed by atoms with Crippen LogP contribution in [0.15, 0.2) is 30.3 Å². The van der Waals surface area contributed by atoms with E-state index in [2.05, 4.69) is 31.9 Å². The normalized spacial score (nSPS) is 13.8.